The van der Waals surface area contributed by atoms with Gasteiger partial charge >= 0.3 is 5.97 Å². The average molecular weight is 288 g/mol. The molecule has 110 valence electrons. The number of benzene rings is 2. The second-order valence-corrected chi connectivity index (χ2v) is 4.40. The van der Waals surface area contributed by atoms with Gasteiger partial charge in [-0.15, -0.1) is 0 Å². The van der Waals surface area contributed by atoms with Crippen molar-refractivity contribution in [1.29, 1.82) is 0 Å². The van der Waals surface area contributed by atoms with Crippen LogP contribution in [0.3, 0.4) is 0 Å². The lowest BCUT2D eigenvalue weighted by Gasteiger charge is -2.15. The van der Waals surface area contributed by atoms with Crippen LogP contribution in [0.2, 0.25) is 0 Å². The topological polar surface area (TPSA) is 65.0 Å². The first kappa shape index (κ1) is 14.7. The van der Waals surface area contributed by atoms with Crippen LogP contribution >= 0.6 is 0 Å². The number of rotatable bonds is 5. The summed E-state index contributed by atoms with van der Waals surface area (Å²) in [5.74, 6) is 0.449. The Morgan fingerprint density at radius 1 is 1.00 bits per heavy atom. The Balaban J connectivity index is 2.50. The second-order valence-electron chi connectivity index (χ2n) is 4.40. The van der Waals surface area contributed by atoms with Crippen LogP contribution in [0, 0.1) is 6.92 Å². The quantitative estimate of drug-likeness (QED) is 0.912. The molecule has 0 heterocycles. The van der Waals surface area contributed by atoms with Crippen molar-refractivity contribution in [2.75, 3.05) is 14.2 Å². The molecule has 0 saturated heterocycles. The summed E-state index contributed by atoms with van der Waals surface area (Å²) in [5.41, 5.74) is 0.926. The first-order valence-electron chi connectivity index (χ1n) is 6.29. The Bertz CT molecular complexity index is 641. The van der Waals surface area contributed by atoms with Gasteiger partial charge in [0, 0.05) is 0 Å². The monoisotopic (exact) mass is 288 g/mol. The fraction of sp³-hybridized carbons (Fsp3) is 0.188. The number of carbonyl (C=O) groups is 1. The van der Waals surface area contributed by atoms with Crippen molar-refractivity contribution in [3.63, 3.8) is 0 Å². The zero-order valence-corrected chi connectivity index (χ0v) is 12.0. The molecule has 0 fully saturated rings. The molecule has 0 aliphatic carbocycles. The van der Waals surface area contributed by atoms with E-state index in [-0.39, 0.29) is 11.3 Å². The van der Waals surface area contributed by atoms with E-state index in [0.29, 0.717) is 17.2 Å². The summed E-state index contributed by atoms with van der Waals surface area (Å²) in [7, 11) is 3.02. The summed E-state index contributed by atoms with van der Waals surface area (Å²) in [5, 5.41) is 9.28. The van der Waals surface area contributed by atoms with E-state index in [1.54, 1.807) is 36.4 Å². The number of aryl methyl sites for hydroxylation is 1. The van der Waals surface area contributed by atoms with Gasteiger partial charge in [-0.3, -0.25) is 0 Å². The van der Waals surface area contributed by atoms with Crippen LogP contribution in [0.15, 0.2) is 36.4 Å². The van der Waals surface area contributed by atoms with Gasteiger partial charge in [0.1, 0.15) is 11.3 Å². The number of carboxylic acid groups (broad SMARTS) is 1. The third-order valence-corrected chi connectivity index (χ3v) is 2.96. The molecule has 5 nitrogen and oxygen atoms in total. The van der Waals surface area contributed by atoms with E-state index < -0.39 is 5.97 Å². The van der Waals surface area contributed by atoms with Crippen LogP contribution < -0.4 is 14.2 Å². The molecule has 0 spiro atoms. The maximum Gasteiger partial charge on any atom is 0.339 e. The third kappa shape index (κ3) is 3.08. The first-order valence-corrected chi connectivity index (χ1v) is 6.29. The van der Waals surface area contributed by atoms with E-state index >= 15 is 0 Å². The number of methoxy groups -OCH3 is 2. The summed E-state index contributed by atoms with van der Waals surface area (Å²) in [4.78, 5) is 11.3. The molecule has 0 aromatic heterocycles. The van der Waals surface area contributed by atoms with Crippen molar-refractivity contribution in [1.82, 2.24) is 0 Å². The SMILES string of the molecule is COc1cccc(OC)c1Oc1ccc(C)cc1C(=O)O. The molecule has 2 aromatic carbocycles. The zero-order chi connectivity index (χ0) is 15.4. The Morgan fingerprint density at radius 2 is 1.62 bits per heavy atom. The van der Waals surface area contributed by atoms with Crippen LogP contribution in [-0.2, 0) is 0 Å². The molecule has 0 unspecified atom stereocenters. The predicted octanol–water partition coefficient (Wildman–Crippen LogP) is 3.50. The number of aromatic carboxylic acids is 1. The minimum atomic E-state index is -1.05. The van der Waals surface area contributed by atoms with Gasteiger partial charge in [-0.2, -0.15) is 0 Å². The number of hydrogen-bond acceptors (Lipinski definition) is 4. The largest absolute Gasteiger partial charge is 0.493 e. The highest BCUT2D eigenvalue weighted by Crippen LogP contribution is 2.40. The minimum absolute atomic E-state index is 0.0861. The molecule has 5 heteroatoms. The Hall–Kier alpha value is -2.69. The fourth-order valence-corrected chi connectivity index (χ4v) is 1.93. The predicted molar refractivity (Wildman–Crippen MR) is 77.8 cm³/mol. The van der Waals surface area contributed by atoms with Crippen molar-refractivity contribution in [2.45, 2.75) is 6.92 Å². The second kappa shape index (κ2) is 6.17. The maximum atomic E-state index is 11.3. The van der Waals surface area contributed by atoms with Gasteiger partial charge in [-0.05, 0) is 31.2 Å². The fourth-order valence-electron chi connectivity index (χ4n) is 1.93. The van der Waals surface area contributed by atoms with Gasteiger partial charge in [0.15, 0.2) is 11.5 Å². The molecule has 0 saturated carbocycles. The normalized spacial score (nSPS) is 10.0. The molecule has 2 rings (SSSR count). The maximum absolute atomic E-state index is 11.3. The van der Waals surface area contributed by atoms with Gasteiger partial charge < -0.3 is 19.3 Å². The smallest absolute Gasteiger partial charge is 0.339 e. The molecule has 1 N–H and O–H groups in total. The highest BCUT2D eigenvalue weighted by Gasteiger charge is 2.17. The van der Waals surface area contributed by atoms with E-state index in [9.17, 15) is 9.90 Å². The molecule has 0 radical (unpaired) electrons. The standard InChI is InChI=1S/C16H16O5/c1-10-7-8-12(11(9-10)16(17)18)21-15-13(19-2)5-4-6-14(15)20-3/h4-9H,1-3H3,(H,17,18). The van der Waals surface area contributed by atoms with Gasteiger partial charge in [-0.25, -0.2) is 4.79 Å². The molecule has 21 heavy (non-hydrogen) atoms. The summed E-state index contributed by atoms with van der Waals surface area (Å²) < 4.78 is 16.2. The first-order chi connectivity index (χ1) is 10.1. The van der Waals surface area contributed by atoms with E-state index in [1.807, 2.05) is 6.92 Å². The molecule has 0 amide bonds. The lowest BCUT2D eigenvalue weighted by molar-refractivity contribution is 0.0694. The molecular formula is C16H16O5. The van der Waals surface area contributed by atoms with Crippen molar-refractivity contribution in [3.05, 3.63) is 47.5 Å². The van der Waals surface area contributed by atoms with E-state index in [0.717, 1.165) is 5.56 Å². The van der Waals surface area contributed by atoms with Crippen molar-refractivity contribution in [2.24, 2.45) is 0 Å². The molecule has 2 aromatic rings. The molecular weight excluding hydrogens is 272 g/mol. The van der Waals surface area contributed by atoms with Gasteiger partial charge in [-0.1, -0.05) is 17.7 Å². The van der Waals surface area contributed by atoms with E-state index in [1.165, 1.54) is 14.2 Å². The van der Waals surface area contributed by atoms with Crippen LogP contribution in [0.25, 0.3) is 0 Å². The average Bonchev–Trinajstić information content (AvgIpc) is 2.48. The highest BCUT2D eigenvalue weighted by molar-refractivity contribution is 5.91. The Labute approximate surface area is 122 Å². The van der Waals surface area contributed by atoms with Crippen molar-refractivity contribution in [3.8, 4) is 23.0 Å². The number of para-hydroxylation sites is 1. The summed E-state index contributed by atoms with van der Waals surface area (Å²) >= 11 is 0. The third-order valence-electron chi connectivity index (χ3n) is 2.96. The Morgan fingerprint density at radius 3 is 2.14 bits per heavy atom. The van der Waals surface area contributed by atoms with Crippen molar-refractivity contribution < 1.29 is 24.1 Å². The lowest BCUT2D eigenvalue weighted by Crippen LogP contribution is -2.02. The highest BCUT2D eigenvalue weighted by atomic mass is 16.5. The molecule has 0 bridgehead atoms. The van der Waals surface area contributed by atoms with Crippen LogP contribution in [0.5, 0.6) is 23.0 Å². The van der Waals surface area contributed by atoms with Gasteiger partial charge in [0.25, 0.3) is 0 Å². The number of ether oxygens (including phenoxy) is 3. The van der Waals surface area contributed by atoms with Crippen LogP contribution in [-0.4, -0.2) is 25.3 Å². The molecule has 0 aliphatic rings. The summed E-state index contributed by atoms with van der Waals surface area (Å²) in [6, 6.07) is 10.1. The van der Waals surface area contributed by atoms with Crippen LogP contribution in [0.4, 0.5) is 0 Å². The minimum Gasteiger partial charge on any atom is -0.493 e. The summed E-state index contributed by atoms with van der Waals surface area (Å²) in [6.45, 7) is 1.82. The molecule has 0 atom stereocenters. The van der Waals surface area contributed by atoms with Gasteiger partial charge in [0.2, 0.25) is 5.75 Å². The van der Waals surface area contributed by atoms with Gasteiger partial charge in [0.05, 0.1) is 14.2 Å². The van der Waals surface area contributed by atoms with Crippen molar-refractivity contribution >= 4 is 5.97 Å². The van der Waals surface area contributed by atoms with Crippen LogP contribution in [0.1, 0.15) is 15.9 Å². The lowest BCUT2D eigenvalue weighted by atomic mass is 10.1. The number of carboxylic acids is 1. The molecule has 0 aliphatic heterocycles. The number of hydrogen-bond donors (Lipinski definition) is 1. The summed E-state index contributed by atoms with van der Waals surface area (Å²) in [6.07, 6.45) is 0. The van der Waals surface area contributed by atoms with E-state index in [2.05, 4.69) is 0 Å². The zero-order valence-electron chi connectivity index (χ0n) is 12.0. The van der Waals surface area contributed by atoms with E-state index in [4.69, 9.17) is 14.2 Å². The Kier molecular flexibility index (Phi) is 4.33.